The summed E-state index contributed by atoms with van der Waals surface area (Å²) in [6, 6.07) is 3.27. The van der Waals surface area contributed by atoms with E-state index in [-0.39, 0.29) is 16.9 Å². The molecule has 2 aromatic heterocycles. The molecule has 1 aromatic carbocycles. The molecular weight excluding hydrogens is 420 g/mol. The molecule has 0 radical (unpaired) electrons. The van der Waals surface area contributed by atoms with Gasteiger partial charge in [0, 0.05) is 21.1 Å². The van der Waals surface area contributed by atoms with Gasteiger partial charge in [-0.2, -0.15) is 10.1 Å². The summed E-state index contributed by atoms with van der Waals surface area (Å²) < 4.78 is 9.41. The molecule has 142 valence electrons. The molecule has 0 bridgehead atoms. The Bertz CT molecular complexity index is 1190. The summed E-state index contributed by atoms with van der Waals surface area (Å²) >= 11 is 3.24. The van der Waals surface area contributed by atoms with Crippen molar-refractivity contribution in [2.45, 2.75) is 0 Å². The lowest BCUT2D eigenvalue weighted by molar-refractivity contribution is 0.372. The van der Waals surface area contributed by atoms with Crippen molar-refractivity contribution in [3.8, 4) is 11.5 Å². The molecule has 0 fully saturated rings. The Balaban J connectivity index is 1.98. The van der Waals surface area contributed by atoms with E-state index in [0.717, 1.165) is 4.57 Å². The predicted octanol–water partition coefficient (Wildman–Crippen LogP) is 0.893. The van der Waals surface area contributed by atoms with Gasteiger partial charge in [0.2, 0.25) is 5.95 Å². The molecule has 0 saturated heterocycles. The number of ether oxygens (including phenoxy) is 1. The van der Waals surface area contributed by atoms with E-state index in [0.29, 0.717) is 21.7 Å². The van der Waals surface area contributed by atoms with Crippen molar-refractivity contribution < 1.29 is 9.84 Å². The second-order valence-corrected chi connectivity index (χ2v) is 6.65. The van der Waals surface area contributed by atoms with Gasteiger partial charge >= 0.3 is 5.69 Å². The standard InChI is InChI=1S/C16H17BrN6O4/c1-21-11-13(22(2)16(26)23(3)14(11)25)19-15(21)20-18-7-8-5-9(17)12(24)10(6-8)27-4/h5-7,24H,1-4H3,(H,19,20)/b18-7-. The molecule has 2 N–H and O–H groups in total. The first-order chi connectivity index (χ1) is 12.8. The fourth-order valence-corrected chi connectivity index (χ4v) is 3.07. The van der Waals surface area contributed by atoms with Crippen LogP contribution in [-0.2, 0) is 21.1 Å². The zero-order valence-corrected chi connectivity index (χ0v) is 16.6. The largest absolute Gasteiger partial charge is 0.503 e. The number of rotatable bonds is 4. The SMILES string of the molecule is COc1cc(/C=N\Nc2nc3c(c(=O)n(C)c(=O)n3C)n2C)cc(Br)c1O. The summed E-state index contributed by atoms with van der Waals surface area (Å²) in [6.45, 7) is 0. The Morgan fingerprint density at radius 3 is 2.59 bits per heavy atom. The smallest absolute Gasteiger partial charge is 0.332 e. The molecule has 0 spiro atoms. The van der Waals surface area contributed by atoms with Gasteiger partial charge in [0.05, 0.1) is 17.8 Å². The van der Waals surface area contributed by atoms with Crippen molar-refractivity contribution in [1.29, 1.82) is 0 Å². The van der Waals surface area contributed by atoms with Gasteiger partial charge in [-0.3, -0.25) is 13.9 Å². The van der Waals surface area contributed by atoms with Crippen molar-refractivity contribution in [3.05, 3.63) is 43.0 Å². The van der Waals surface area contributed by atoms with Gasteiger partial charge < -0.3 is 14.4 Å². The van der Waals surface area contributed by atoms with Gasteiger partial charge in [0.25, 0.3) is 5.56 Å². The molecule has 10 nitrogen and oxygen atoms in total. The number of hydrogen-bond acceptors (Lipinski definition) is 7. The van der Waals surface area contributed by atoms with E-state index >= 15 is 0 Å². The van der Waals surface area contributed by atoms with Crippen LogP contribution in [0.4, 0.5) is 5.95 Å². The molecule has 2 heterocycles. The van der Waals surface area contributed by atoms with Gasteiger partial charge in [-0.05, 0) is 33.6 Å². The maximum atomic E-state index is 12.4. The third-order valence-electron chi connectivity index (χ3n) is 4.12. The number of phenolic OH excluding ortho intramolecular Hbond substituents is 1. The van der Waals surface area contributed by atoms with Crippen LogP contribution in [0.2, 0.25) is 0 Å². The molecule has 11 heteroatoms. The van der Waals surface area contributed by atoms with Crippen LogP contribution in [0.1, 0.15) is 5.56 Å². The quantitative estimate of drug-likeness (QED) is 0.463. The maximum absolute atomic E-state index is 12.4. The number of hydrogen-bond donors (Lipinski definition) is 2. The van der Waals surface area contributed by atoms with E-state index in [1.54, 1.807) is 26.2 Å². The summed E-state index contributed by atoms with van der Waals surface area (Å²) in [6.07, 6.45) is 1.50. The van der Waals surface area contributed by atoms with Crippen LogP contribution in [0.3, 0.4) is 0 Å². The highest BCUT2D eigenvalue weighted by molar-refractivity contribution is 9.10. The number of phenols is 1. The summed E-state index contributed by atoms with van der Waals surface area (Å²) in [5.74, 6) is 0.589. The molecule has 0 amide bonds. The lowest BCUT2D eigenvalue weighted by atomic mass is 10.2. The number of hydrazone groups is 1. The number of nitrogens with zero attached hydrogens (tertiary/aromatic N) is 5. The number of aromatic nitrogens is 4. The molecule has 0 aliphatic carbocycles. The van der Waals surface area contributed by atoms with E-state index in [1.807, 2.05) is 0 Å². The predicted molar refractivity (Wildman–Crippen MR) is 105 cm³/mol. The van der Waals surface area contributed by atoms with Gasteiger partial charge in [0.1, 0.15) is 0 Å². The normalized spacial score (nSPS) is 11.4. The second-order valence-electron chi connectivity index (χ2n) is 5.80. The van der Waals surface area contributed by atoms with Crippen LogP contribution in [0, 0.1) is 0 Å². The third kappa shape index (κ3) is 3.10. The summed E-state index contributed by atoms with van der Waals surface area (Å²) in [4.78, 5) is 28.7. The van der Waals surface area contributed by atoms with Crippen molar-refractivity contribution >= 4 is 39.3 Å². The first-order valence-electron chi connectivity index (χ1n) is 7.74. The van der Waals surface area contributed by atoms with E-state index in [2.05, 4.69) is 31.4 Å². The Hall–Kier alpha value is -3.08. The number of aryl methyl sites for hydroxylation is 2. The molecule has 3 rings (SSSR count). The highest BCUT2D eigenvalue weighted by atomic mass is 79.9. The lowest BCUT2D eigenvalue weighted by Gasteiger charge is -2.06. The fourth-order valence-electron chi connectivity index (χ4n) is 2.61. The summed E-state index contributed by atoms with van der Waals surface area (Å²) in [5, 5.41) is 13.9. The Morgan fingerprint density at radius 2 is 1.93 bits per heavy atom. The minimum atomic E-state index is -0.457. The first-order valence-corrected chi connectivity index (χ1v) is 8.53. The number of benzene rings is 1. The Kier molecular flexibility index (Phi) is 4.79. The zero-order valence-electron chi connectivity index (χ0n) is 15.0. The minimum absolute atomic E-state index is 0.00489. The monoisotopic (exact) mass is 436 g/mol. The Labute approximate surface area is 161 Å². The van der Waals surface area contributed by atoms with Crippen LogP contribution in [-0.4, -0.2) is 37.1 Å². The van der Waals surface area contributed by atoms with Crippen molar-refractivity contribution in [2.24, 2.45) is 26.2 Å². The summed E-state index contributed by atoms with van der Waals surface area (Å²) in [5.41, 5.74) is 3.06. The first kappa shape index (κ1) is 18.7. The van der Waals surface area contributed by atoms with E-state index in [4.69, 9.17) is 4.74 Å². The average molecular weight is 437 g/mol. The van der Waals surface area contributed by atoms with Gasteiger partial charge in [-0.1, -0.05) is 0 Å². The van der Waals surface area contributed by atoms with Crippen molar-refractivity contribution in [3.63, 3.8) is 0 Å². The molecule has 3 aromatic rings. The minimum Gasteiger partial charge on any atom is -0.503 e. The number of fused-ring (bicyclic) bond motifs is 1. The van der Waals surface area contributed by atoms with Gasteiger partial charge in [-0.15, -0.1) is 0 Å². The third-order valence-corrected chi connectivity index (χ3v) is 4.73. The van der Waals surface area contributed by atoms with Crippen LogP contribution in [0.25, 0.3) is 11.2 Å². The van der Waals surface area contributed by atoms with Crippen LogP contribution < -0.4 is 21.4 Å². The number of nitrogens with one attached hydrogen (secondary N) is 1. The molecule has 0 unspecified atom stereocenters. The fraction of sp³-hybridized carbons (Fsp3) is 0.250. The molecule has 0 aliphatic rings. The second kappa shape index (κ2) is 6.91. The lowest BCUT2D eigenvalue weighted by Crippen LogP contribution is -2.37. The number of halogens is 1. The molecule has 0 atom stereocenters. The highest BCUT2D eigenvalue weighted by Crippen LogP contribution is 2.34. The average Bonchev–Trinajstić information content (AvgIpc) is 2.97. The number of anilines is 1. The molecule has 27 heavy (non-hydrogen) atoms. The maximum Gasteiger partial charge on any atom is 0.332 e. The summed E-state index contributed by atoms with van der Waals surface area (Å²) in [7, 11) is 6.06. The molecule has 0 aliphatic heterocycles. The Morgan fingerprint density at radius 1 is 1.22 bits per heavy atom. The van der Waals surface area contributed by atoms with Crippen molar-refractivity contribution in [2.75, 3.05) is 12.5 Å². The number of imidazole rings is 1. The van der Waals surface area contributed by atoms with Crippen LogP contribution in [0.5, 0.6) is 11.5 Å². The van der Waals surface area contributed by atoms with E-state index < -0.39 is 11.2 Å². The van der Waals surface area contributed by atoms with Gasteiger partial charge in [-0.25, -0.2) is 10.2 Å². The highest BCUT2D eigenvalue weighted by Gasteiger charge is 2.16. The molecule has 0 saturated carbocycles. The zero-order chi connectivity index (χ0) is 19.9. The van der Waals surface area contributed by atoms with Crippen LogP contribution in [0.15, 0.2) is 31.3 Å². The number of aromatic hydroxyl groups is 1. The molecular formula is C16H17BrN6O4. The van der Waals surface area contributed by atoms with Crippen molar-refractivity contribution in [1.82, 2.24) is 18.7 Å². The van der Waals surface area contributed by atoms with Crippen LogP contribution >= 0.6 is 15.9 Å². The van der Waals surface area contributed by atoms with E-state index in [9.17, 15) is 14.7 Å². The number of methoxy groups -OCH3 is 1. The van der Waals surface area contributed by atoms with E-state index in [1.165, 1.54) is 29.5 Å². The topological polar surface area (TPSA) is 116 Å². The van der Waals surface area contributed by atoms with Gasteiger partial charge in [0.15, 0.2) is 22.7 Å².